The van der Waals surface area contributed by atoms with E-state index >= 15 is 0 Å². The number of amides is 2. The van der Waals surface area contributed by atoms with Crippen molar-refractivity contribution in [2.75, 3.05) is 28.2 Å². The third kappa shape index (κ3) is 3.04. The van der Waals surface area contributed by atoms with Crippen LogP contribution in [0.15, 0.2) is 48.5 Å². The lowest BCUT2D eigenvalue weighted by atomic mass is 10.1. The van der Waals surface area contributed by atoms with Gasteiger partial charge in [0.15, 0.2) is 0 Å². The van der Waals surface area contributed by atoms with Gasteiger partial charge in [0, 0.05) is 28.2 Å². The van der Waals surface area contributed by atoms with Crippen LogP contribution in [-0.4, -0.2) is 48.5 Å². The Morgan fingerprint density at radius 3 is 1.44 bits per heavy atom. The Morgan fingerprint density at radius 2 is 1.08 bits per heavy atom. The molecule has 2 aromatic carbocycles. The SMILES string of the molecule is CN(C)C(=O)SC1(SC(=O)N(C)C)c2ccccc2-c2ccccc21. The molecule has 0 aromatic heterocycles. The molecule has 25 heavy (non-hydrogen) atoms. The van der Waals surface area contributed by atoms with Gasteiger partial charge in [-0.3, -0.25) is 9.59 Å². The van der Waals surface area contributed by atoms with Crippen molar-refractivity contribution in [3.63, 3.8) is 0 Å². The van der Waals surface area contributed by atoms with E-state index in [1.54, 1.807) is 38.0 Å². The van der Waals surface area contributed by atoms with Crippen LogP contribution in [0.1, 0.15) is 11.1 Å². The van der Waals surface area contributed by atoms with Crippen molar-refractivity contribution in [1.29, 1.82) is 0 Å². The average Bonchev–Trinajstić information content (AvgIpc) is 2.86. The van der Waals surface area contributed by atoms with Gasteiger partial charge in [0.2, 0.25) is 0 Å². The van der Waals surface area contributed by atoms with Crippen molar-refractivity contribution in [3.05, 3.63) is 59.7 Å². The molecule has 1 aliphatic carbocycles. The Balaban J connectivity index is 2.22. The topological polar surface area (TPSA) is 40.6 Å². The van der Waals surface area contributed by atoms with Crippen molar-refractivity contribution >= 4 is 34.0 Å². The number of carbonyl (C=O) groups is 2. The summed E-state index contributed by atoms with van der Waals surface area (Å²) in [4.78, 5) is 28.4. The molecule has 0 N–H and O–H groups in total. The van der Waals surface area contributed by atoms with E-state index in [1.807, 2.05) is 36.4 Å². The van der Waals surface area contributed by atoms with E-state index in [9.17, 15) is 9.59 Å². The summed E-state index contributed by atoms with van der Waals surface area (Å²) in [6, 6.07) is 16.0. The Morgan fingerprint density at radius 1 is 0.720 bits per heavy atom. The molecule has 6 heteroatoms. The van der Waals surface area contributed by atoms with E-state index in [2.05, 4.69) is 12.1 Å². The summed E-state index contributed by atoms with van der Waals surface area (Å²) >= 11 is 2.39. The summed E-state index contributed by atoms with van der Waals surface area (Å²) in [6.45, 7) is 0. The third-order valence-corrected chi connectivity index (χ3v) is 7.08. The molecule has 0 aliphatic heterocycles. The molecule has 1 aliphatic rings. The number of nitrogens with zero attached hydrogens (tertiary/aromatic N) is 2. The molecule has 3 rings (SSSR count). The van der Waals surface area contributed by atoms with Crippen molar-refractivity contribution in [3.8, 4) is 11.1 Å². The average molecular weight is 373 g/mol. The van der Waals surface area contributed by atoms with Crippen LogP contribution in [0.2, 0.25) is 0 Å². The zero-order valence-corrected chi connectivity index (χ0v) is 16.3. The van der Waals surface area contributed by atoms with Gasteiger partial charge in [-0.1, -0.05) is 48.5 Å². The summed E-state index contributed by atoms with van der Waals surface area (Å²) < 4.78 is -0.782. The molecule has 0 heterocycles. The zero-order chi connectivity index (χ0) is 18.2. The van der Waals surface area contributed by atoms with Gasteiger partial charge in [-0.15, -0.1) is 0 Å². The lowest BCUT2D eigenvalue weighted by molar-refractivity contribution is 0.241. The molecule has 4 nitrogen and oxygen atoms in total. The number of rotatable bonds is 2. The standard InChI is InChI=1S/C19H20N2O2S2/c1-20(2)17(22)24-19(25-18(23)21(3)4)15-11-7-5-9-13(15)14-10-6-8-12-16(14)19/h5-12H,1-4H3. The first-order chi connectivity index (χ1) is 11.9. The van der Waals surface area contributed by atoms with Crippen LogP contribution in [0.25, 0.3) is 11.1 Å². The second-order valence-electron chi connectivity index (χ2n) is 6.23. The summed E-state index contributed by atoms with van der Waals surface area (Å²) in [5.74, 6) is 0. The monoisotopic (exact) mass is 372 g/mol. The molecule has 2 aromatic rings. The molecule has 0 saturated carbocycles. The molecule has 0 unspecified atom stereocenters. The molecule has 0 atom stereocenters. The fourth-order valence-electron chi connectivity index (χ4n) is 2.82. The van der Waals surface area contributed by atoms with E-state index in [-0.39, 0.29) is 10.5 Å². The molecule has 130 valence electrons. The number of carbonyl (C=O) groups excluding carboxylic acids is 2. The first kappa shape index (κ1) is 17.9. The van der Waals surface area contributed by atoms with Crippen molar-refractivity contribution < 1.29 is 9.59 Å². The second-order valence-corrected chi connectivity index (χ2v) is 8.82. The number of fused-ring (bicyclic) bond motifs is 3. The van der Waals surface area contributed by atoms with Crippen molar-refractivity contribution in [2.24, 2.45) is 0 Å². The largest absolute Gasteiger partial charge is 0.340 e. The number of hydrogen-bond acceptors (Lipinski definition) is 4. The smallest absolute Gasteiger partial charge is 0.283 e. The maximum Gasteiger partial charge on any atom is 0.283 e. The Kier molecular flexibility index (Phi) is 4.84. The van der Waals surface area contributed by atoms with Gasteiger partial charge in [0.05, 0.1) is 0 Å². The lowest BCUT2D eigenvalue weighted by Crippen LogP contribution is -2.29. The summed E-state index contributed by atoms with van der Waals surface area (Å²) in [5.41, 5.74) is 4.15. The first-order valence-corrected chi connectivity index (χ1v) is 9.50. The van der Waals surface area contributed by atoms with E-state index < -0.39 is 4.08 Å². The highest BCUT2D eigenvalue weighted by atomic mass is 32.2. The van der Waals surface area contributed by atoms with Crippen LogP contribution in [0.5, 0.6) is 0 Å². The Hall–Kier alpha value is -1.92. The van der Waals surface area contributed by atoms with Crippen LogP contribution in [0.4, 0.5) is 9.59 Å². The second kappa shape index (κ2) is 6.77. The van der Waals surface area contributed by atoms with Gasteiger partial charge in [0.25, 0.3) is 10.5 Å². The lowest BCUT2D eigenvalue weighted by Gasteiger charge is -2.31. The van der Waals surface area contributed by atoms with Gasteiger partial charge in [-0.05, 0) is 45.8 Å². The van der Waals surface area contributed by atoms with Crippen LogP contribution < -0.4 is 0 Å². The summed E-state index contributed by atoms with van der Waals surface area (Å²) in [7, 11) is 6.92. The predicted molar refractivity (Wildman–Crippen MR) is 106 cm³/mol. The fraction of sp³-hybridized carbons (Fsp3) is 0.263. The maximum absolute atomic E-state index is 12.6. The van der Waals surface area contributed by atoms with Crippen molar-refractivity contribution in [2.45, 2.75) is 4.08 Å². The highest BCUT2D eigenvalue weighted by Crippen LogP contribution is 2.61. The Labute approximate surface area is 156 Å². The zero-order valence-electron chi connectivity index (χ0n) is 14.6. The number of hydrogen-bond donors (Lipinski definition) is 0. The Bertz CT molecular complexity index is 764. The maximum atomic E-state index is 12.6. The highest BCUT2D eigenvalue weighted by Gasteiger charge is 2.48. The summed E-state index contributed by atoms with van der Waals surface area (Å²) in [6.07, 6.45) is 0. The number of benzene rings is 2. The van der Waals surface area contributed by atoms with Gasteiger partial charge >= 0.3 is 0 Å². The normalized spacial score (nSPS) is 13.8. The number of thioether (sulfide) groups is 2. The fourth-order valence-corrected chi connectivity index (χ4v) is 5.43. The van der Waals surface area contributed by atoms with E-state index in [0.29, 0.717) is 0 Å². The van der Waals surface area contributed by atoms with Gasteiger partial charge in [-0.25, -0.2) is 0 Å². The molecule has 0 saturated heterocycles. The van der Waals surface area contributed by atoms with Crippen molar-refractivity contribution in [1.82, 2.24) is 9.80 Å². The van der Waals surface area contributed by atoms with E-state index in [4.69, 9.17) is 0 Å². The third-order valence-electron chi connectivity index (χ3n) is 4.05. The molecule has 0 fully saturated rings. The van der Waals surface area contributed by atoms with Crippen LogP contribution in [0, 0.1) is 0 Å². The van der Waals surface area contributed by atoms with Gasteiger partial charge < -0.3 is 9.80 Å². The molecular formula is C19H20N2O2S2. The predicted octanol–water partition coefficient (Wildman–Crippen LogP) is 4.70. The minimum atomic E-state index is -0.782. The molecule has 0 spiro atoms. The first-order valence-electron chi connectivity index (χ1n) is 7.87. The molecule has 0 bridgehead atoms. The van der Waals surface area contributed by atoms with Gasteiger partial charge in [0.1, 0.15) is 4.08 Å². The minimum absolute atomic E-state index is 0.0782. The van der Waals surface area contributed by atoms with Crippen LogP contribution >= 0.6 is 23.5 Å². The van der Waals surface area contributed by atoms with E-state index in [1.165, 1.54) is 23.5 Å². The van der Waals surface area contributed by atoms with Crippen LogP contribution in [0.3, 0.4) is 0 Å². The minimum Gasteiger partial charge on any atom is -0.340 e. The van der Waals surface area contributed by atoms with E-state index in [0.717, 1.165) is 22.3 Å². The van der Waals surface area contributed by atoms with Gasteiger partial charge in [-0.2, -0.15) is 0 Å². The molecular weight excluding hydrogens is 352 g/mol. The quantitative estimate of drug-likeness (QED) is 0.717. The highest BCUT2D eigenvalue weighted by molar-refractivity contribution is 8.30. The molecule has 0 radical (unpaired) electrons. The summed E-state index contributed by atoms with van der Waals surface area (Å²) in [5, 5.41) is -0.156. The van der Waals surface area contributed by atoms with Crippen LogP contribution in [-0.2, 0) is 4.08 Å². The molecule has 2 amide bonds.